The van der Waals surface area contributed by atoms with Crippen molar-refractivity contribution in [1.82, 2.24) is 9.97 Å². The lowest BCUT2D eigenvalue weighted by atomic mass is 10.4. The minimum Gasteiger partial charge on any atom is -0.368 e. The van der Waals surface area contributed by atoms with Gasteiger partial charge in [-0.1, -0.05) is 35.0 Å². The Balaban J connectivity index is 2.45. The van der Waals surface area contributed by atoms with Gasteiger partial charge in [-0.2, -0.15) is 4.98 Å². The minimum absolute atomic E-state index is 0.0498. The second kappa shape index (κ2) is 5.60. The fraction of sp³-hybridized carbons (Fsp3) is 0. The molecule has 0 aliphatic heterocycles. The van der Waals surface area contributed by atoms with Crippen LogP contribution in [-0.2, 0) is 0 Å². The van der Waals surface area contributed by atoms with E-state index in [-0.39, 0.29) is 16.7 Å². The van der Waals surface area contributed by atoms with E-state index in [9.17, 15) is 10.1 Å². The number of rotatable bonds is 3. The van der Waals surface area contributed by atoms with Gasteiger partial charge < -0.3 is 5.73 Å². The van der Waals surface area contributed by atoms with E-state index in [1.165, 1.54) is 0 Å². The maximum atomic E-state index is 10.9. The summed E-state index contributed by atoms with van der Waals surface area (Å²) in [5, 5.41) is 11.9. The number of aromatic nitrogens is 2. The maximum absolute atomic E-state index is 10.9. The van der Waals surface area contributed by atoms with Crippen LogP contribution in [0, 0.1) is 10.1 Å². The van der Waals surface area contributed by atoms with Crippen LogP contribution in [0.15, 0.2) is 34.3 Å². The molecule has 19 heavy (non-hydrogen) atoms. The summed E-state index contributed by atoms with van der Waals surface area (Å²) >= 11 is 12.9. The van der Waals surface area contributed by atoms with E-state index < -0.39 is 4.92 Å². The topological polar surface area (TPSA) is 94.9 Å². The quantitative estimate of drug-likeness (QED) is 0.529. The Bertz CT molecular complexity index is 653. The number of nitrogens with two attached hydrogens (primary N) is 1. The molecule has 0 unspecified atom stereocenters. The Morgan fingerprint density at radius 2 is 2.11 bits per heavy atom. The Morgan fingerprint density at radius 1 is 1.37 bits per heavy atom. The molecular formula is C10H6Cl2N4O2S. The fourth-order valence-corrected chi connectivity index (χ4v) is 2.63. The lowest BCUT2D eigenvalue weighted by Gasteiger charge is -2.05. The summed E-state index contributed by atoms with van der Waals surface area (Å²) in [5.41, 5.74) is 5.19. The van der Waals surface area contributed by atoms with Crippen LogP contribution >= 0.6 is 35.0 Å². The zero-order valence-electron chi connectivity index (χ0n) is 9.21. The summed E-state index contributed by atoms with van der Waals surface area (Å²) in [6, 6.07) is 4.82. The third-order valence-electron chi connectivity index (χ3n) is 2.05. The predicted octanol–water partition coefficient (Wildman–Crippen LogP) is 3.43. The summed E-state index contributed by atoms with van der Waals surface area (Å²) in [7, 11) is 0. The van der Waals surface area contributed by atoms with Crippen molar-refractivity contribution in [3.05, 3.63) is 44.6 Å². The molecule has 1 aromatic heterocycles. The largest absolute Gasteiger partial charge is 0.368 e. The highest BCUT2D eigenvalue weighted by molar-refractivity contribution is 7.99. The lowest BCUT2D eigenvalue weighted by molar-refractivity contribution is -0.388. The van der Waals surface area contributed by atoms with Crippen LogP contribution in [0.25, 0.3) is 0 Å². The van der Waals surface area contributed by atoms with Gasteiger partial charge in [0.1, 0.15) is 6.20 Å². The highest BCUT2D eigenvalue weighted by Crippen LogP contribution is 2.37. The van der Waals surface area contributed by atoms with Crippen molar-refractivity contribution in [1.29, 1.82) is 0 Å². The molecule has 2 rings (SSSR count). The third kappa shape index (κ3) is 3.25. The van der Waals surface area contributed by atoms with E-state index in [0.717, 1.165) is 18.0 Å². The molecule has 0 aliphatic rings. The highest BCUT2D eigenvalue weighted by atomic mass is 35.5. The lowest BCUT2D eigenvalue weighted by Crippen LogP contribution is -2.00. The molecule has 6 nitrogen and oxygen atoms in total. The molecule has 0 fully saturated rings. The zero-order chi connectivity index (χ0) is 14.0. The zero-order valence-corrected chi connectivity index (χ0v) is 11.5. The number of nitro groups is 1. The number of anilines is 1. The average molecular weight is 317 g/mol. The van der Waals surface area contributed by atoms with Crippen molar-refractivity contribution >= 4 is 46.6 Å². The van der Waals surface area contributed by atoms with Gasteiger partial charge in [0, 0.05) is 9.92 Å². The molecule has 0 bridgehead atoms. The van der Waals surface area contributed by atoms with Crippen molar-refractivity contribution in [2.75, 3.05) is 5.73 Å². The van der Waals surface area contributed by atoms with E-state index in [2.05, 4.69) is 9.97 Å². The van der Waals surface area contributed by atoms with Gasteiger partial charge in [-0.25, -0.2) is 4.98 Å². The van der Waals surface area contributed by atoms with Crippen LogP contribution in [-0.4, -0.2) is 14.9 Å². The molecule has 0 atom stereocenters. The van der Waals surface area contributed by atoms with Crippen LogP contribution < -0.4 is 5.73 Å². The van der Waals surface area contributed by atoms with Gasteiger partial charge in [-0.3, -0.25) is 10.1 Å². The standard InChI is InChI=1S/C10H6Cl2N4O2S/c11-5-1-2-6(12)8(3-5)19-9-7(16(17)18)4-14-10(13)15-9/h1-4H,(H2,13,14,15). The first-order valence-electron chi connectivity index (χ1n) is 4.87. The molecule has 2 N–H and O–H groups in total. The van der Waals surface area contributed by atoms with E-state index >= 15 is 0 Å². The molecule has 0 aliphatic carbocycles. The first-order valence-corrected chi connectivity index (χ1v) is 6.44. The molecule has 9 heteroatoms. The SMILES string of the molecule is Nc1ncc([N+](=O)[O-])c(Sc2cc(Cl)ccc2Cl)n1. The maximum Gasteiger partial charge on any atom is 0.320 e. The summed E-state index contributed by atoms with van der Waals surface area (Å²) in [6.07, 6.45) is 1.06. The van der Waals surface area contributed by atoms with Gasteiger partial charge in [-0.05, 0) is 18.2 Å². The molecule has 98 valence electrons. The molecule has 1 heterocycles. The Labute approximate surface area is 122 Å². The molecule has 0 amide bonds. The van der Waals surface area contributed by atoms with Gasteiger partial charge >= 0.3 is 5.69 Å². The molecular weight excluding hydrogens is 311 g/mol. The van der Waals surface area contributed by atoms with Crippen molar-refractivity contribution in [3.63, 3.8) is 0 Å². The first-order chi connectivity index (χ1) is 8.97. The highest BCUT2D eigenvalue weighted by Gasteiger charge is 2.19. The Kier molecular flexibility index (Phi) is 4.08. The second-order valence-electron chi connectivity index (χ2n) is 3.35. The average Bonchev–Trinajstić information content (AvgIpc) is 2.33. The normalized spacial score (nSPS) is 10.4. The number of nitrogen functional groups attached to an aromatic ring is 1. The summed E-state index contributed by atoms with van der Waals surface area (Å²) in [5.74, 6) is -0.0498. The molecule has 0 saturated heterocycles. The number of benzene rings is 1. The van der Waals surface area contributed by atoms with Crippen molar-refractivity contribution in [3.8, 4) is 0 Å². The number of hydrogen-bond acceptors (Lipinski definition) is 6. The van der Waals surface area contributed by atoms with Gasteiger partial charge in [0.05, 0.1) is 9.95 Å². The van der Waals surface area contributed by atoms with Gasteiger partial charge in [0.2, 0.25) is 5.95 Å². The van der Waals surface area contributed by atoms with Gasteiger partial charge in [-0.15, -0.1) is 0 Å². The summed E-state index contributed by atoms with van der Waals surface area (Å²) in [6.45, 7) is 0. The van der Waals surface area contributed by atoms with Crippen LogP contribution in [0.5, 0.6) is 0 Å². The van der Waals surface area contributed by atoms with Crippen molar-refractivity contribution < 1.29 is 4.92 Å². The fourth-order valence-electron chi connectivity index (χ4n) is 1.23. The summed E-state index contributed by atoms with van der Waals surface area (Å²) in [4.78, 5) is 18.3. The Hall–Kier alpha value is -1.57. The first kappa shape index (κ1) is 13.9. The van der Waals surface area contributed by atoms with Crippen molar-refractivity contribution in [2.24, 2.45) is 0 Å². The van der Waals surface area contributed by atoms with Gasteiger partial charge in [0.15, 0.2) is 5.03 Å². The van der Waals surface area contributed by atoms with E-state index in [1.807, 2.05) is 0 Å². The third-order valence-corrected chi connectivity index (χ3v) is 3.78. The molecule has 1 aromatic carbocycles. The molecule has 0 radical (unpaired) electrons. The predicted molar refractivity (Wildman–Crippen MR) is 73.7 cm³/mol. The minimum atomic E-state index is -0.583. The monoisotopic (exact) mass is 316 g/mol. The number of hydrogen-bond donors (Lipinski definition) is 1. The summed E-state index contributed by atoms with van der Waals surface area (Å²) < 4.78 is 0. The van der Waals surface area contributed by atoms with Crippen LogP contribution in [0.2, 0.25) is 10.0 Å². The van der Waals surface area contributed by atoms with E-state index in [4.69, 9.17) is 28.9 Å². The van der Waals surface area contributed by atoms with Crippen LogP contribution in [0.3, 0.4) is 0 Å². The molecule has 2 aromatic rings. The van der Waals surface area contributed by atoms with E-state index in [1.54, 1.807) is 18.2 Å². The number of nitrogens with zero attached hydrogens (tertiary/aromatic N) is 3. The molecule has 0 saturated carbocycles. The van der Waals surface area contributed by atoms with Gasteiger partial charge in [0.25, 0.3) is 0 Å². The van der Waals surface area contributed by atoms with Crippen LogP contribution in [0.1, 0.15) is 0 Å². The number of halogens is 2. The van der Waals surface area contributed by atoms with Crippen molar-refractivity contribution in [2.45, 2.75) is 9.92 Å². The Morgan fingerprint density at radius 3 is 2.79 bits per heavy atom. The van der Waals surface area contributed by atoms with Crippen LogP contribution in [0.4, 0.5) is 11.6 Å². The van der Waals surface area contributed by atoms with E-state index in [0.29, 0.717) is 14.9 Å². The smallest absolute Gasteiger partial charge is 0.320 e. The second-order valence-corrected chi connectivity index (χ2v) is 5.23. The molecule has 0 spiro atoms.